The van der Waals surface area contributed by atoms with Gasteiger partial charge in [0.15, 0.2) is 0 Å². The van der Waals surface area contributed by atoms with Gasteiger partial charge in [-0.3, -0.25) is 4.90 Å². The van der Waals surface area contributed by atoms with Crippen LogP contribution in [0, 0.1) is 0 Å². The Kier molecular flexibility index (Phi) is 5.04. The number of carboxylic acid groups (broad SMARTS) is 1. The van der Waals surface area contributed by atoms with Crippen molar-refractivity contribution in [1.82, 2.24) is 4.90 Å². The van der Waals surface area contributed by atoms with Gasteiger partial charge >= 0.3 is 12.1 Å². The number of hydrogen-bond acceptors (Lipinski definition) is 3. The zero-order chi connectivity index (χ0) is 17.3. The molecule has 0 spiro atoms. The molecule has 1 aromatic rings. The van der Waals surface area contributed by atoms with Crippen LogP contribution in [0.5, 0.6) is 0 Å². The number of carboxylic acids is 1. The Labute approximate surface area is 144 Å². The first-order valence-electron chi connectivity index (χ1n) is 7.62. The molecule has 0 saturated carbocycles. The summed E-state index contributed by atoms with van der Waals surface area (Å²) < 4.78 is 6.29. The van der Waals surface area contributed by atoms with Crippen LogP contribution >= 0.6 is 15.9 Å². The average molecular weight is 384 g/mol. The molecule has 1 aromatic carbocycles. The topological polar surface area (TPSA) is 66.8 Å². The number of likely N-dealkylation sites (tertiary alicyclic amines) is 1. The Morgan fingerprint density at radius 3 is 2.65 bits per heavy atom. The lowest BCUT2D eigenvalue weighted by Gasteiger charge is -2.36. The van der Waals surface area contributed by atoms with Gasteiger partial charge in [0.05, 0.1) is 0 Å². The average Bonchev–Trinajstić information content (AvgIpc) is 2.82. The van der Waals surface area contributed by atoms with Crippen LogP contribution in [0.4, 0.5) is 4.79 Å². The number of amides is 1. The van der Waals surface area contributed by atoms with Crippen LogP contribution in [-0.2, 0) is 16.0 Å². The highest BCUT2D eigenvalue weighted by Crippen LogP contribution is 2.35. The highest BCUT2D eigenvalue weighted by atomic mass is 79.9. The smallest absolute Gasteiger partial charge is 0.411 e. The fourth-order valence-electron chi connectivity index (χ4n) is 2.93. The van der Waals surface area contributed by atoms with Crippen LogP contribution in [0.3, 0.4) is 0 Å². The van der Waals surface area contributed by atoms with Crippen molar-refractivity contribution in [1.29, 1.82) is 0 Å². The van der Waals surface area contributed by atoms with Crippen molar-refractivity contribution in [3.63, 3.8) is 0 Å². The Balaban J connectivity index is 2.31. The standard InChI is InChI=1S/C17H22BrNO4/c1-16(2,3)23-15(22)19-9-5-8-17(19,14(20)21)11-12-6-4-7-13(18)10-12/h4,6-7,10H,5,8-9,11H2,1-3H3,(H,20,21)/t17-/m1/s1. The van der Waals surface area contributed by atoms with E-state index in [-0.39, 0.29) is 6.42 Å². The molecule has 1 amide bonds. The van der Waals surface area contributed by atoms with Crippen molar-refractivity contribution in [2.24, 2.45) is 0 Å². The van der Waals surface area contributed by atoms with Gasteiger partial charge in [-0.25, -0.2) is 9.59 Å². The number of ether oxygens (including phenoxy) is 1. The summed E-state index contributed by atoms with van der Waals surface area (Å²) in [4.78, 5) is 25.9. The first-order valence-corrected chi connectivity index (χ1v) is 8.42. The number of benzene rings is 1. The summed E-state index contributed by atoms with van der Waals surface area (Å²) in [6.07, 6.45) is 0.779. The molecule has 23 heavy (non-hydrogen) atoms. The minimum absolute atomic E-state index is 0.265. The highest BCUT2D eigenvalue weighted by Gasteiger charge is 2.51. The number of halogens is 1. The van der Waals surface area contributed by atoms with Crippen LogP contribution in [0.2, 0.25) is 0 Å². The molecule has 6 heteroatoms. The summed E-state index contributed by atoms with van der Waals surface area (Å²) in [6, 6.07) is 7.51. The summed E-state index contributed by atoms with van der Waals surface area (Å²) in [7, 11) is 0. The molecule has 1 saturated heterocycles. The highest BCUT2D eigenvalue weighted by molar-refractivity contribution is 9.10. The third kappa shape index (κ3) is 4.05. The zero-order valence-electron chi connectivity index (χ0n) is 13.6. The third-order valence-corrected chi connectivity index (χ3v) is 4.38. The van der Waals surface area contributed by atoms with E-state index < -0.39 is 23.2 Å². The fraction of sp³-hybridized carbons (Fsp3) is 0.529. The maximum Gasteiger partial charge on any atom is 0.411 e. The SMILES string of the molecule is CC(C)(C)OC(=O)N1CCC[C@@]1(Cc1cccc(Br)c1)C(=O)O. The monoisotopic (exact) mass is 383 g/mol. The Hall–Kier alpha value is -1.56. The second-order valence-electron chi connectivity index (χ2n) is 6.88. The quantitative estimate of drug-likeness (QED) is 0.860. The number of carbonyl (C=O) groups excluding carboxylic acids is 1. The van der Waals surface area contributed by atoms with Gasteiger partial charge in [0.25, 0.3) is 0 Å². The van der Waals surface area contributed by atoms with Gasteiger partial charge < -0.3 is 9.84 Å². The molecule has 1 N–H and O–H groups in total. The largest absolute Gasteiger partial charge is 0.479 e. The lowest BCUT2D eigenvalue weighted by molar-refractivity contribution is -0.149. The minimum atomic E-state index is -1.25. The van der Waals surface area contributed by atoms with E-state index >= 15 is 0 Å². The van der Waals surface area contributed by atoms with Gasteiger partial charge in [0.1, 0.15) is 11.1 Å². The third-order valence-electron chi connectivity index (χ3n) is 3.89. The van der Waals surface area contributed by atoms with Crippen LogP contribution in [0.1, 0.15) is 39.2 Å². The molecule has 126 valence electrons. The second kappa shape index (κ2) is 6.51. The van der Waals surface area contributed by atoms with Crippen molar-refractivity contribution in [2.75, 3.05) is 6.54 Å². The second-order valence-corrected chi connectivity index (χ2v) is 7.79. The number of carbonyl (C=O) groups is 2. The molecule has 0 unspecified atom stereocenters. The number of nitrogens with zero attached hydrogens (tertiary/aromatic N) is 1. The van der Waals surface area contributed by atoms with E-state index in [1.54, 1.807) is 20.8 Å². The lowest BCUT2D eigenvalue weighted by atomic mass is 9.88. The van der Waals surface area contributed by atoms with E-state index in [2.05, 4.69) is 15.9 Å². The van der Waals surface area contributed by atoms with E-state index in [0.29, 0.717) is 19.4 Å². The van der Waals surface area contributed by atoms with Gasteiger partial charge in [0, 0.05) is 17.4 Å². The van der Waals surface area contributed by atoms with Crippen molar-refractivity contribution in [2.45, 2.75) is 51.2 Å². The predicted octanol–water partition coefficient (Wildman–Crippen LogP) is 3.85. The van der Waals surface area contributed by atoms with E-state index in [1.807, 2.05) is 24.3 Å². The normalized spacial score (nSPS) is 21.3. The number of hydrogen-bond donors (Lipinski definition) is 1. The summed E-state index contributed by atoms with van der Waals surface area (Å²) in [5.41, 5.74) is -1.03. The van der Waals surface area contributed by atoms with Crippen molar-refractivity contribution >= 4 is 28.0 Å². The maximum atomic E-state index is 12.5. The van der Waals surface area contributed by atoms with Crippen molar-refractivity contribution in [3.05, 3.63) is 34.3 Å². The summed E-state index contributed by atoms with van der Waals surface area (Å²) in [5, 5.41) is 9.85. The molecular formula is C17H22BrNO4. The minimum Gasteiger partial charge on any atom is -0.479 e. The van der Waals surface area contributed by atoms with E-state index in [9.17, 15) is 14.7 Å². The zero-order valence-corrected chi connectivity index (χ0v) is 15.2. The molecule has 0 radical (unpaired) electrons. The first kappa shape index (κ1) is 17.8. The van der Waals surface area contributed by atoms with Crippen LogP contribution in [0.25, 0.3) is 0 Å². The first-order chi connectivity index (χ1) is 10.6. The molecule has 1 aliphatic rings. The molecule has 1 aliphatic heterocycles. The van der Waals surface area contributed by atoms with Crippen molar-refractivity contribution < 1.29 is 19.4 Å². The van der Waals surface area contributed by atoms with E-state index in [0.717, 1.165) is 10.0 Å². The number of rotatable bonds is 3. The lowest BCUT2D eigenvalue weighted by Crippen LogP contribution is -2.55. The van der Waals surface area contributed by atoms with Gasteiger partial charge in [-0.2, -0.15) is 0 Å². The van der Waals surface area contributed by atoms with E-state index in [1.165, 1.54) is 4.90 Å². The molecular weight excluding hydrogens is 362 g/mol. The maximum absolute atomic E-state index is 12.5. The van der Waals surface area contributed by atoms with Crippen LogP contribution in [-0.4, -0.2) is 39.8 Å². The fourth-order valence-corrected chi connectivity index (χ4v) is 3.37. The van der Waals surface area contributed by atoms with E-state index in [4.69, 9.17) is 4.74 Å². The molecule has 1 atom stereocenters. The summed E-state index contributed by atoms with van der Waals surface area (Å²) >= 11 is 3.40. The molecule has 5 nitrogen and oxygen atoms in total. The summed E-state index contributed by atoms with van der Waals surface area (Å²) in [6.45, 7) is 5.72. The molecule has 0 aliphatic carbocycles. The molecule has 1 fully saturated rings. The molecule has 1 heterocycles. The van der Waals surface area contributed by atoms with Gasteiger partial charge in [-0.05, 0) is 51.3 Å². The van der Waals surface area contributed by atoms with Gasteiger partial charge in [-0.15, -0.1) is 0 Å². The Morgan fingerprint density at radius 1 is 1.39 bits per heavy atom. The Morgan fingerprint density at radius 2 is 2.09 bits per heavy atom. The van der Waals surface area contributed by atoms with Gasteiger partial charge in [0.2, 0.25) is 0 Å². The Bertz CT molecular complexity index is 611. The summed E-state index contributed by atoms with van der Waals surface area (Å²) in [5.74, 6) is -0.985. The predicted molar refractivity (Wildman–Crippen MR) is 90.4 cm³/mol. The molecule has 2 rings (SSSR count). The van der Waals surface area contributed by atoms with Crippen LogP contribution in [0.15, 0.2) is 28.7 Å². The van der Waals surface area contributed by atoms with Crippen molar-refractivity contribution in [3.8, 4) is 0 Å². The van der Waals surface area contributed by atoms with Gasteiger partial charge in [-0.1, -0.05) is 28.1 Å². The molecule has 0 bridgehead atoms. The molecule has 0 aromatic heterocycles. The number of aliphatic carboxylic acids is 1. The van der Waals surface area contributed by atoms with Crippen LogP contribution < -0.4 is 0 Å².